The van der Waals surface area contributed by atoms with Gasteiger partial charge in [-0.3, -0.25) is 0 Å². The molecule has 112 valence electrons. The summed E-state index contributed by atoms with van der Waals surface area (Å²) in [6.07, 6.45) is 1.06. The van der Waals surface area contributed by atoms with E-state index >= 15 is 0 Å². The van der Waals surface area contributed by atoms with Crippen molar-refractivity contribution in [3.05, 3.63) is 40.8 Å². The number of para-hydroxylation sites is 1. The summed E-state index contributed by atoms with van der Waals surface area (Å²) in [5.74, 6) is 0. The van der Waals surface area contributed by atoms with Gasteiger partial charge in [-0.05, 0) is 25.1 Å². The number of nitrogens with zero attached hydrogens (tertiary/aromatic N) is 1. The molecule has 2 N–H and O–H groups in total. The van der Waals surface area contributed by atoms with Crippen molar-refractivity contribution < 1.29 is 4.42 Å². The van der Waals surface area contributed by atoms with Crippen LogP contribution >= 0.6 is 0 Å². The topological polar surface area (TPSA) is 57.5 Å². The zero-order chi connectivity index (χ0) is 14.5. The largest absolute Gasteiger partial charge is 0.423 e. The van der Waals surface area contributed by atoms with Crippen molar-refractivity contribution in [3.8, 4) is 0 Å². The summed E-state index contributed by atoms with van der Waals surface area (Å²) in [4.78, 5) is 14.0. The van der Waals surface area contributed by atoms with Crippen LogP contribution in [-0.4, -0.2) is 44.2 Å². The smallest absolute Gasteiger partial charge is 0.338 e. The van der Waals surface area contributed by atoms with E-state index < -0.39 is 0 Å². The zero-order valence-corrected chi connectivity index (χ0v) is 12.1. The van der Waals surface area contributed by atoms with E-state index in [9.17, 15) is 4.79 Å². The number of piperazine rings is 1. The second kappa shape index (κ2) is 6.74. The minimum absolute atomic E-state index is 0.307. The van der Waals surface area contributed by atoms with Gasteiger partial charge in [-0.1, -0.05) is 12.1 Å². The SMILES string of the molecule is O=c1cc(NCCCN2CCNCC2)c2ccccc2o1. The monoisotopic (exact) mass is 287 g/mol. The van der Waals surface area contributed by atoms with Crippen molar-refractivity contribution in [1.82, 2.24) is 10.2 Å². The first-order valence-corrected chi connectivity index (χ1v) is 7.53. The molecule has 3 rings (SSSR count). The van der Waals surface area contributed by atoms with Gasteiger partial charge in [-0.2, -0.15) is 0 Å². The summed E-state index contributed by atoms with van der Waals surface area (Å²) in [6, 6.07) is 9.15. The normalized spacial score (nSPS) is 16.2. The molecule has 5 heteroatoms. The Hall–Kier alpha value is -1.85. The van der Waals surface area contributed by atoms with E-state index in [0.717, 1.165) is 56.8 Å². The third-order valence-electron chi connectivity index (χ3n) is 3.83. The average Bonchev–Trinajstić information content (AvgIpc) is 2.52. The lowest BCUT2D eigenvalue weighted by Gasteiger charge is -2.27. The van der Waals surface area contributed by atoms with Crippen LogP contribution < -0.4 is 16.3 Å². The highest BCUT2D eigenvalue weighted by molar-refractivity contribution is 5.89. The maximum atomic E-state index is 11.6. The van der Waals surface area contributed by atoms with Crippen molar-refractivity contribution in [3.63, 3.8) is 0 Å². The summed E-state index contributed by atoms with van der Waals surface area (Å²) >= 11 is 0. The van der Waals surface area contributed by atoms with Gasteiger partial charge in [-0.25, -0.2) is 4.79 Å². The van der Waals surface area contributed by atoms with Gasteiger partial charge in [0, 0.05) is 44.2 Å². The molecule has 0 atom stereocenters. The molecule has 1 saturated heterocycles. The van der Waals surface area contributed by atoms with Gasteiger partial charge in [-0.15, -0.1) is 0 Å². The lowest BCUT2D eigenvalue weighted by Crippen LogP contribution is -2.44. The number of nitrogens with one attached hydrogen (secondary N) is 2. The molecule has 5 nitrogen and oxygen atoms in total. The van der Waals surface area contributed by atoms with Crippen LogP contribution in [-0.2, 0) is 0 Å². The van der Waals surface area contributed by atoms with Crippen LogP contribution in [0.5, 0.6) is 0 Å². The van der Waals surface area contributed by atoms with Crippen LogP contribution in [0.25, 0.3) is 11.0 Å². The molecule has 0 amide bonds. The van der Waals surface area contributed by atoms with Gasteiger partial charge in [0.15, 0.2) is 0 Å². The predicted molar refractivity (Wildman–Crippen MR) is 84.9 cm³/mol. The first kappa shape index (κ1) is 14.1. The van der Waals surface area contributed by atoms with Gasteiger partial charge in [0.1, 0.15) is 5.58 Å². The first-order valence-electron chi connectivity index (χ1n) is 7.53. The van der Waals surface area contributed by atoms with Gasteiger partial charge >= 0.3 is 5.63 Å². The molecular weight excluding hydrogens is 266 g/mol. The Morgan fingerprint density at radius 1 is 1.24 bits per heavy atom. The highest BCUT2D eigenvalue weighted by Crippen LogP contribution is 2.20. The number of benzene rings is 1. The van der Waals surface area contributed by atoms with Crippen LogP contribution in [0.3, 0.4) is 0 Å². The van der Waals surface area contributed by atoms with Gasteiger partial charge < -0.3 is 20.0 Å². The maximum Gasteiger partial charge on any atom is 0.338 e. The van der Waals surface area contributed by atoms with E-state index in [1.54, 1.807) is 0 Å². The minimum Gasteiger partial charge on any atom is -0.423 e. The van der Waals surface area contributed by atoms with Crippen LogP contribution in [0.15, 0.2) is 39.5 Å². The Morgan fingerprint density at radius 2 is 2.05 bits per heavy atom. The van der Waals surface area contributed by atoms with Crippen molar-refractivity contribution in [2.24, 2.45) is 0 Å². The van der Waals surface area contributed by atoms with E-state index in [1.165, 1.54) is 6.07 Å². The lowest BCUT2D eigenvalue weighted by molar-refractivity contribution is 0.240. The molecular formula is C16H21N3O2. The average molecular weight is 287 g/mol. The number of anilines is 1. The van der Waals surface area contributed by atoms with Gasteiger partial charge in [0.05, 0.1) is 5.69 Å². The first-order chi connectivity index (χ1) is 10.3. The second-order valence-corrected chi connectivity index (χ2v) is 5.35. The highest BCUT2D eigenvalue weighted by atomic mass is 16.4. The summed E-state index contributed by atoms with van der Waals surface area (Å²) in [7, 11) is 0. The Bertz CT molecular complexity index is 647. The molecule has 1 aliphatic heterocycles. The molecule has 2 heterocycles. The van der Waals surface area contributed by atoms with Gasteiger partial charge in [0.25, 0.3) is 0 Å². The molecule has 0 bridgehead atoms. The molecule has 1 aromatic heterocycles. The summed E-state index contributed by atoms with van der Waals surface area (Å²) in [6.45, 7) is 6.36. The van der Waals surface area contributed by atoms with Crippen LogP contribution in [0.1, 0.15) is 6.42 Å². The summed E-state index contributed by atoms with van der Waals surface area (Å²) in [5.41, 5.74) is 1.19. The molecule has 0 spiro atoms. The van der Waals surface area contributed by atoms with E-state index in [4.69, 9.17) is 4.42 Å². The van der Waals surface area contributed by atoms with Crippen molar-refractivity contribution in [2.45, 2.75) is 6.42 Å². The summed E-state index contributed by atoms with van der Waals surface area (Å²) in [5, 5.41) is 7.68. The molecule has 1 fully saturated rings. The van der Waals surface area contributed by atoms with Crippen molar-refractivity contribution >= 4 is 16.7 Å². The summed E-state index contributed by atoms with van der Waals surface area (Å²) < 4.78 is 5.19. The quantitative estimate of drug-likeness (QED) is 0.645. The van der Waals surface area contributed by atoms with Crippen LogP contribution in [0.4, 0.5) is 5.69 Å². The van der Waals surface area contributed by atoms with Crippen LogP contribution in [0.2, 0.25) is 0 Å². The fourth-order valence-corrected chi connectivity index (χ4v) is 2.72. The number of fused-ring (bicyclic) bond motifs is 1. The number of hydrogen-bond acceptors (Lipinski definition) is 5. The van der Waals surface area contributed by atoms with E-state index in [0.29, 0.717) is 5.58 Å². The predicted octanol–water partition coefficient (Wildman–Crippen LogP) is 1.50. The third-order valence-corrected chi connectivity index (χ3v) is 3.83. The fraction of sp³-hybridized carbons (Fsp3) is 0.438. The molecule has 21 heavy (non-hydrogen) atoms. The lowest BCUT2D eigenvalue weighted by atomic mass is 10.2. The van der Waals surface area contributed by atoms with Gasteiger partial charge in [0.2, 0.25) is 0 Å². The molecule has 2 aromatic rings. The van der Waals surface area contributed by atoms with Crippen LogP contribution in [0, 0.1) is 0 Å². The number of hydrogen-bond donors (Lipinski definition) is 2. The highest BCUT2D eigenvalue weighted by Gasteiger charge is 2.09. The Balaban J connectivity index is 1.58. The Morgan fingerprint density at radius 3 is 2.90 bits per heavy atom. The van der Waals surface area contributed by atoms with Crippen molar-refractivity contribution in [2.75, 3.05) is 44.6 Å². The Labute approximate surface area is 123 Å². The van der Waals surface area contributed by atoms with E-state index in [-0.39, 0.29) is 5.63 Å². The minimum atomic E-state index is -0.307. The molecule has 1 aromatic carbocycles. The molecule has 0 saturated carbocycles. The molecule has 0 radical (unpaired) electrons. The van der Waals surface area contributed by atoms with Crippen molar-refractivity contribution in [1.29, 1.82) is 0 Å². The molecule has 0 aliphatic carbocycles. The maximum absolute atomic E-state index is 11.6. The fourth-order valence-electron chi connectivity index (χ4n) is 2.72. The standard InChI is InChI=1S/C16H21N3O2/c20-16-12-14(13-4-1-2-5-15(13)21-16)18-6-3-9-19-10-7-17-8-11-19/h1-2,4-5,12,17-18H,3,6-11H2. The molecule has 1 aliphatic rings. The third kappa shape index (κ3) is 3.62. The zero-order valence-electron chi connectivity index (χ0n) is 12.1. The number of rotatable bonds is 5. The molecule has 0 unspecified atom stereocenters. The van der Waals surface area contributed by atoms with E-state index in [1.807, 2.05) is 24.3 Å². The second-order valence-electron chi connectivity index (χ2n) is 5.35. The Kier molecular flexibility index (Phi) is 4.52. The van der Waals surface area contributed by atoms with E-state index in [2.05, 4.69) is 15.5 Å².